The standard InChI is InChI=1S/C15H24N2O3/c1-2-17(8-14(18)19)11-5-10(6-11)16-15(20)13-7-12(13)9-3-4-9/h9-13H,2-8H2,1H3,(H,16,20)(H,18,19). The SMILES string of the molecule is CCN(CC(=O)O)C1CC(NC(=O)C2CC2C2CC2)C1. The van der Waals surface area contributed by atoms with Crippen molar-refractivity contribution in [2.45, 2.75) is 51.1 Å². The van der Waals surface area contributed by atoms with Gasteiger partial charge in [-0.2, -0.15) is 0 Å². The van der Waals surface area contributed by atoms with E-state index < -0.39 is 5.97 Å². The van der Waals surface area contributed by atoms with Crippen molar-refractivity contribution in [2.24, 2.45) is 17.8 Å². The molecule has 0 radical (unpaired) electrons. The van der Waals surface area contributed by atoms with Crippen LogP contribution in [0.25, 0.3) is 0 Å². The maximum absolute atomic E-state index is 12.1. The van der Waals surface area contributed by atoms with E-state index in [4.69, 9.17) is 5.11 Å². The number of nitrogens with zero attached hydrogens (tertiary/aromatic N) is 1. The Morgan fingerprint density at radius 1 is 1.25 bits per heavy atom. The Morgan fingerprint density at radius 2 is 1.95 bits per heavy atom. The lowest BCUT2D eigenvalue weighted by Crippen LogP contribution is -2.55. The van der Waals surface area contributed by atoms with E-state index in [1.54, 1.807) is 0 Å². The number of carboxylic acids is 1. The summed E-state index contributed by atoms with van der Waals surface area (Å²) in [5, 5.41) is 12.0. The number of carbonyl (C=O) groups is 2. The summed E-state index contributed by atoms with van der Waals surface area (Å²) in [7, 11) is 0. The lowest BCUT2D eigenvalue weighted by atomic mass is 9.85. The normalized spacial score (nSPS) is 35.5. The molecule has 0 spiro atoms. The van der Waals surface area contributed by atoms with Crippen molar-refractivity contribution >= 4 is 11.9 Å². The summed E-state index contributed by atoms with van der Waals surface area (Å²) >= 11 is 0. The summed E-state index contributed by atoms with van der Waals surface area (Å²) in [6.45, 7) is 2.84. The van der Waals surface area contributed by atoms with E-state index in [-0.39, 0.29) is 24.4 Å². The van der Waals surface area contributed by atoms with Crippen molar-refractivity contribution in [3.8, 4) is 0 Å². The second kappa shape index (κ2) is 5.35. The highest BCUT2D eigenvalue weighted by Gasteiger charge is 2.51. The predicted octanol–water partition coefficient (Wildman–Crippen LogP) is 1.09. The molecule has 0 bridgehead atoms. The first-order valence-corrected chi connectivity index (χ1v) is 7.84. The maximum atomic E-state index is 12.1. The quantitative estimate of drug-likeness (QED) is 0.732. The van der Waals surface area contributed by atoms with Crippen LogP contribution >= 0.6 is 0 Å². The summed E-state index contributed by atoms with van der Waals surface area (Å²) in [5.74, 6) is 1.26. The maximum Gasteiger partial charge on any atom is 0.317 e. The Morgan fingerprint density at radius 3 is 2.50 bits per heavy atom. The second-order valence-corrected chi connectivity index (χ2v) is 6.63. The average Bonchev–Trinajstić information content (AvgIpc) is 3.21. The van der Waals surface area contributed by atoms with Crippen molar-refractivity contribution in [3.63, 3.8) is 0 Å². The molecule has 3 aliphatic carbocycles. The van der Waals surface area contributed by atoms with Crippen molar-refractivity contribution in [1.82, 2.24) is 10.2 Å². The van der Waals surface area contributed by atoms with E-state index in [1.807, 2.05) is 11.8 Å². The molecule has 3 rings (SSSR count). The molecule has 0 aromatic rings. The number of hydrogen-bond donors (Lipinski definition) is 2. The zero-order valence-electron chi connectivity index (χ0n) is 12.0. The number of amides is 1. The third kappa shape index (κ3) is 2.97. The van der Waals surface area contributed by atoms with Crippen LogP contribution < -0.4 is 5.32 Å². The Bertz CT molecular complexity index is 402. The Hall–Kier alpha value is -1.10. The Balaban J connectivity index is 1.37. The number of hydrogen-bond acceptors (Lipinski definition) is 3. The van der Waals surface area contributed by atoms with E-state index in [0.717, 1.165) is 31.7 Å². The van der Waals surface area contributed by atoms with Crippen LogP contribution in [-0.2, 0) is 9.59 Å². The molecule has 0 aromatic carbocycles. The molecule has 3 saturated carbocycles. The first-order chi connectivity index (χ1) is 9.58. The van der Waals surface area contributed by atoms with Crippen LogP contribution in [0.5, 0.6) is 0 Å². The lowest BCUT2D eigenvalue weighted by Gasteiger charge is -2.42. The second-order valence-electron chi connectivity index (χ2n) is 6.63. The summed E-state index contributed by atoms with van der Waals surface area (Å²) in [6, 6.07) is 0.579. The predicted molar refractivity (Wildman–Crippen MR) is 74.2 cm³/mol. The van der Waals surface area contributed by atoms with Gasteiger partial charge >= 0.3 is 5.97 Å². The van der Waals surface area contributed by atoms with E-state index in [0.29, 0.717) is 12.0 Å². The van der Waals surface area contributed by atoms with Gasteiger partial charge in [0.05, 0.1) is 6.54 Å². The molecule has 0 aliphatic heterocycles. The molecule has 5 nitrogen and oxygen atoms in total. The molecular formula is C15H24N2O3. The highest BCUT2D eigenvalue weighted by molar-refractivity contribution is 5.82. The van der Waals surface area contributed by atoms with Gasteiger partial charge in [0, 0.05) is 18.0 Å². The van der Waals surface area contributed by atoms with Gasteiger partial charge in [-0.25, -0.2) is 0 Å². The van der Waals surface area contributed by atoms with Gasteiger partial charge in [0.1, 0.15) is 0 Å². The van der Waals surface area contributed by atoms with Gasteiger partial charge in [-0.05, 0) is 50.5 Å². The van der Waals surface area contributed by atoms with E-state index in [1.165, 1.54) is 12.8 Å². The number of carbonyl (C=O) groups excluding carboxylic acids is 1. The van der Waals surface area contributed by atoms with Crippen molar-refractivity contribution in [3.05, 3.63) is 0 Å². The molecule has 3 aliphatic rings. The number of nitrogens with one attached hydrogen (secondary N) is 1. The summed E-state index contributed by atoms with van der Waals surface area (Å²) in [4.78, 5) is 24.8. The van der Waals surface area contributed by atoms with Crippen molar-refractivity contribution in [1.29, 1.82) is 0 Å². The molecule has 112 valence electrons. The molecule has 20 heavy (non-hydrogen) atoms. The summed E-state index contributed by atoms with van der Waals surface area (Å²) < 4.78 is 0. The van der Waals surface area contributed by atoms with Crippen LogP contribution in [0, 0.1) is 17.8 Å². The lowest BCUT2D eigenvalue weighted by molar-refractivity contribution is -0.139. The molecule has 2 atom stereocenters. The highest BCUT2D eigenvalue weighted by Crippen LogP contribution is 2.54. The van der Waals surface area contributed by atoms with Crippen LogP contribution in [0.4, 0.5) is 0 Å². The van der Waals surface area contributed by atoms with E-state index >= 15 is 0 Å². The topological polar surface area (TPSA) is 69.6 Å². The molecule has 3 fully saturated rings. The summed E-state index contributed by atoms with van der Waals surface area (Å²) in [5.41, 5.74) is 0. The number of likely N-dealkylation sites (N-methyl/N-ethyl adjacent to an activating group) is 1. The average molecular weight is 280 g/mol. The van der Waals surface area contributed by atoms with Crippen molar-refractivity contribution < 1.29 is 14.7 Å². The van der Waals surface area contributed by atoms with Crippen LogP contribution in [0.3, 0.4) is 0 Å². The molecule has 5 heteroatoms. The molecule has 2 unspecified atom stereocenters. The molecule has 0 aromatic heterocycles. The fourth-order valence-electron chi connectivity index (χ4n) is 3.55. The Labute approximate surface area is 119 Å². The van der Waals surface area contributed by atoms with Gasteiger partial charge < -0.3 is 10.4 Å². The van der Waals surface area contributed by atoms with E-state index in [2.05, 4.69) is 5.32 Å². The number of carboxylic acid groups (broad SMARTS) is 1. The van der Waals surface area contributed by atoms with Gasteiger partial charge in [-0.1, -0.05) is 6.92 Å². The zero-order chi connectivity index (χ0) is 14.3. The van der Waals surface area contributed by atoms with Crippen LogP contribution in [0.15, 0.2) is 0 Å². The minimum absolute atomic E-state index is 0.105. The van der Waals surface area contributed by atoms with Gasteiger partial charge in [0.2, 0.25) is 5.91 Å². The molecule has 2 N–H and O–H groups in total. The van der Waals surface area contributed by atoms with Crippen LogP contribution in [0.2, 0.25) is 0 Å². The number of rotatable bonds is 7. The third-order valence-corrected chi connectivity index (χ3v) is 5.12. The molecule has 0 saturated heterocycles. The van der Waals surface area contributed by atoms with Crippen molar-refractivity contribution in [2.75, 3.05) is 13.1 Å². The van der Waals surface area contributed by atoms with E-state index in [9.17, 15) is 9.59 Å². The molecule has 0 heterocycles. The van der Waals surface area contributed by atoms with Gasteiger partial charge in [0.25, 0.3) is 0 Å². The van der Waals surface area contributed by atoms with Crippen LogP contribution in [-0.4, -0.2) is 47.1 Å². The largest absolute Gasteiger partial charge is 0.480 e. The first kappa shape index (κ1) is 13.9. The highest BCUT2D eigenvalue weighted by atomic mass is 16.4. The summed E-state index contributed by atoms with van der Waals surface area (Å²) in [6.07, 6.45) is 5.52. The smallest absolute Gasteiger partial charge is 0.317 e. The minimum Gasteiger partial charge on any atom is -0.480 e. The molecular weight excluding hydrogens is 256 g/mol. The minimum atomic E-state index is -0.774. The first-order valence-electron chi connectivity index (χ1n) is 7.84. The molecule has 1 amide bonds. The van der Waals surface area contributed by atoms with Gasteiger partial charge in [-0.15, -0.1) is 0 Å². The third-order valence-electron chi connectivity index (χ3n) is 5.12. The fraction of sp³-hybridized carbons (Fsp3) is 0.867. The number of aliphatic carboxylic acids is 1. The van der Waals surface area contributed by atoms with Gasteiger partial charge in [-0.3, -0.25) is 14.5 Å². The fourth-order valence-corrected chi connectivity index (χ4v) is 3.55. The zero-order valence-corrected chi connectivity index (χ0v) is 12.0. The van der Waals surface area contributed by atoms with Crippen LogP contribution in [0.1, 0.15) is 39.0 Å². The monoisotopic (exact) mass is 280 g/mol. The Kier molecular flexibility index (Phi) is 3.71. The van der Waals surface area contributed by atoms with Gasteiger partial charge in [0.15, 0.2) is 0 Å².